The number of carbonyl (C=O) groups is 1. The first kappa shape index (κ1) is 20.8. The second-order valence-electron chi connectivity index (χ2n) is 7.30. The van der Waals surface area contributed by atoms with E-state index < -0.39 is 5.91 Å². The normalized spacial score (nSPS) is 11.2. The molecule has 0 aromatic heterocycles. The highest BCUT2D eigenvalue weighted by Gasteiger charge is 2.14. The van der Waals surface area contributed by atoms with Crippen LogP contribution in [0.2, 0.25) is 0 Å². The number of halogens is 1. The van der Waals surface area contributed by atoms with Crippen LogP contribution in [0.15, 0.2) is 90.5 Å². The third-order valence-electron chi connectivity index (χ3n) is 5.18. The number of hydrogen-bond acceptors (Lipinski definition) is 3. The Kier molecular flexibility index (Phi) is 5.96. The summed E-state index contributed by atoms with van der Waals surface area (Å²) in [4.78, 5) is 12.8. The molecule has 0 saturated heterocycles. The van der Waals surface area contributed by atoms with Gasteiger partial charge in [0.15, 0.2) is 0 Å². The van der Waals surface area contributed by atoms with Crippen LogP contribution in [0.5, 0.6) is 5.75 Å². The minimum atomic E-state index is -0.567. The molecular formula is C27H19FN2O2. The lowest BCUT2D eigenvalue weighted by atomic mass is 9.93. The maximum absolute atomic E-state index is 14.3. The largest absolute Gasteiger partial charge is 0.508 e. The van der Waals surface area contributed by atoms with Crippen LogP contribution in [0.4, 0.5) is 10.1 Å². The quantitative estimate of drug-likeness (QED) is 0.242. The number of hydrogen-bond donors (Lipinski definition) is 2. The first-order valence-electron chi connectivity index (χ1n) is 10.0. The second-order valence-corrected chi connectivity index (χ2v) is 7.30. The van der Waals surface area contributed by atoms with Gasteiger partial charge in [-0.15, -0.1) is 0 Å². The van der Waals surface area contributed by atoms with E-state index in [1.807, 2.05) is 42.5 Å². The molecule has 0 aliphatic rings. The van der Waals surface area contributed by atoms with Crippen LogP contribution in [0, 0.1) is 17.1 Å². The summed E-state index contributed by atoms with van der Waals surface area (Å²) in [6.07, 6.45) is 1.87. The number of carbonyl (C=O) groups excluding carboxylic acids is 1. The molecule has 0 fully saturated rings. The molecule has 32 heavy (non-hydrogen) atoms. The molecule has 4 aromatic carbocycles. The maximum atomic E-state index is 14.3. The fourth-order valence-corrected chi connectivity index (χ4v) is 3.55. The number of phenolic OH excluding ortho intramolecular Hbond substituents is 1. The summed E-state index contributed by atoms with van der Waals surface area (Å²) in [5, 5.41) is 23.6. The van der Waals surface area contributed by atoms with E-state index in [1.54, 1.807) is 36.4 Å². The first-order valence-corrected chi connectivity index (χ1v) is 10.0. The molecule has 0 radical (unpaired) electrons. The van der Waals surface area contributed by atoms with Gasteiger partial charge < -0.3 is 10.4 Å². The van der Waals surface area contributed by atoms with Crippen molar-refractivity contribution in [2.45, 2.75) is 6.42 Å². The molecule has 4 nitrogen and oxygen atoms in total. The number of amides is 1. The van der Waals surface area contributed by atoms with E-state index in [9.17, 15) is 19.6 Å². The Bertz CT molecular complexity index is 1370. The van der Waals surface area contributed by atoms with E-state index in [4.69, 9.17) is 0 Å². The molecular weight excluding hydrogens is 403 g/mol. The predicted octanol–water partition coefficient (Wildman–Crippen LogP) is 5.82. The minimum absolute atomic E-state index is 0.0765. The highest BCUT2D eigenvalue weighted by atomic mass is 19.1. The molecule has 0 spiro atoms. The lowest BCUT2D eigenvalue weighted by Gasteiger charge is -2.12. The maximum Gasteiger partial charge on any atom is 0.266 e. The van der Waals surface area contributed by atoms with E-state index in [2.05, 4.69) is 5.32 Å². The lowest BCUT2D eigenvalue weighted by molar-refractivity contribution is -0.112. The van der Waals surface area contributed by atoms with E-state index in [0.29, 0.717) is 23.2 Å². The van der Waals surface area contributed by atoms with Crippen LogP contribution in [0.25, 0.3) is 16.8 Å². The Hall–Kier alpha value is -4.43. The highest BCUT2D eigenvalue weighted by molar-refractivity contribution is 6.11. The summed E-state index contributed by atoms with van der Waals surface area (Å²) in [5.74, 6) is -0.795. The Morgan fingerprint density at radius 2 is 1.66 bits per heavy atom. The standard InChI is InChI=1S/C27H19FN2O2/c28-26-8-4-2-6-20(26)15-19-10-9-18-5-1-3-7-24(18)25(19)16-21(17-29)27(32)30-22-11-13-23(31)14-12-22/h1-14,16,31H,15H2,(H,30,32)/b21-16+. The summed E-state index contributed by atoms with van der Waals surface area (Å²) in [6.45, 7) is 0. The number of aromatic hydroxyl groups is 1. The van der Waals surface area contributed by atoms with Crippen molar-refractivity contribution >= 4 is 28.4 Å². The van der Waals surface area contributed by atoms with Crippen LogP contribution in [-0.4, -0.2) is 11.0 Å². The number of fused-ring (bicyclic) bond motifs is 1. The molecule has 4 aromatic rings. The molecule has 0 bridgehead atoms. The zero-order chi connectivity index (χ0) is 22.5. The molecule has 5 heteroatoms. The number of phenols is 1. The molecule has 1 amide bonds. The van der Waals surface area contributed by atoms with Crippen molar-refractivity contribution in [1.82, 2.24) is 0 Å². The molecule has 2 N–H and O–H groups in total. The third kappa shape index (κ3) is 4.50. The van der Waals surface area contributed by atoms with Crippen molar-refractivity contribution in [2.24, 2.45) is 0 Å². The van der Waals surface area contributed by atoms with Gasteiger partial charge in [-0.25, -0.2) is 4.39 Å². The van der Waals surface area contributed by atoms with Gasteiger partial charge in [0, 0.05) is 12.1 Å². The molecule has 0 heterocycles. The van der Waals surface area contributed by atoms with Crippen LogP contribution >= 0.6 is 0 Å². The summed E-state index contributed by atoms with van der Waals surface area (Å²) in [7, 11) is 0. The van der Waals surface area contributed by atoms with Crippen molar-refractivity contribution in [3.05, 3.63) is 113 Å². The SMILES string of the molecule is N#C/C(=C\c1c(Cc2ccccc2F)ccc2ccccc12)C(=O)Nc1ccc(O)cc1. The number of nitrogens with zero attached hydrogens (tertiary/aromatic N) is 1. The van der Waals surface area contributed by atoms with Gasteiger partial charge in [-0.2, -0.15) is 5.26 Å². The van der Waals surface area contributed by atoms with Crippen molar-refractivity contribution < 1.29 is 14.3 Å². The van der Waals surface area contributed by atoms with E-state index in [0.717, 1.165) is 16.3 Å². The van der Waals surface area contributed by atoms with Crippen molar-refractivity contribution in [3.63, 3.8) is 0 Å². The number of anilines is 1. The van der Waals surface area contributed by atoms with Gasteiger partial charge in [0.05, 0.1) is 0 Å². The highest BCUT2D eigenvalue weighted by Crippen LogP contribution is 2.28. The van der Waals surface area contributed by atoms with Crippen molar-refractivity contribution in [2.75, 3.05) is 5.32 Å². The first-order chi connectivity index (χ1) is 15.5. The van der Waals surface area contributed by atoms with Crippen molar-refractivity contribution in [1.29, 1.82) is 5.26 Å². The van der Waals surface area contributed by atoms with Gasteiger partial charge in [0.1, 0.15) is 23.2 Å². The van der Waals surface area contributed by atoms with E-state index in [-0.39, 0.29) is 17.1 Å². The predicted molar refractivity (Wildman–Crippen MR) is 123 cm³/mol. The Morgan fingerprint density at radius 1 is 0.938 bits per heavy atom. The summed E-state index contributed by atoms with van der Waals surface area (Å²) in [5.41, 5.74) is 2.41. The van der Waals surface area contributed by atoms with Crippen LogP contribution in [-0.2, 0) is 11.2 Å². The molecule has 0 atom stereocenters. The number of nitrogens with one attached hydrogen (secondary N) is 1. The Morgan fingerprint density at radius 3 is 2.41 bits per heavy atom. The number of rotatable bonds is 5. The van der Waals surface area contributed by atoms with E-state index in [1.165, 1.54) is 18.2 Å². The number of nitriles is 1. The fourth-order valence-electron chi connectivity index (χ4n) is 3.55. The fraction of sp³-hybridized carbons (Fsp3) is 0.0370. The smallest absolute Gasteiger partial charge is 0.266 e. The monoisotopic (exact) mass is 422 g/mol. The zero-order valence-corrected chi connectivity index (χ0v) is 17.0. The molecule has 0 saturated carbocycles. The van der Waals surface area contributed by atoms with Gasteiger partial charge >= 0.3 is 0 Å². The molecule has 156 valence electrons. The molecule has 0 unspecified atom stereocenters. The van der Waals surface area contributed by atoms with Crippen LogP contribution in [0.3, 0.4) is 0 Å². The van der Waals surface area contributed by atoms with Crippen molar-refractivity contribution in [3.8, 4) is 11.8 Å². The average molecular weight is 422 g/mol. The van der Waals surface area contributed by atoms with Gasteiger partial charge in [0.25, 0.3) is 5.91 Å². The topological polar surface area (TPSA) is 73.1 Å². The van der Waals surface area contributed by atoms with Gasteiger partial charge in [-0.1, -0.05) is 54.6 Å². The van der Waals surface area contributed by atoms with Crippen LogP contribution < -0.4 is 5.32 Å². The van der Waals surface area contributed by atoms with Crippen LogP contribution in [0.1, 0.15) is 16.7 Å². The molecule has 0 aliphatic heterocycles. The molecule has 4 rings (SSSR count). The summed E-state index contributed by atoms with van der Waals surface area (Å²) >= 11 is 0. The zero-order valence-electron chi connectivity index (χ0n) is 17.0. The Labute approximate surface area is 184 Å². The summed E-state index contributed by atoms with van der Waals surface area (Å²) < 4.78 is 14.3. The second kappa shape index (κ2) is 9.15. The third-order valence-corrected chi connectivity index (χ3v) is 5.18. The summed E-state index contributed by atoms with van der Waals surface area (Å²) in [6, 6.07) is 26.0. The van der Waals surface area contributed by atoms with E-state index >= 15 is 0 Å². The minimum Gasteiger partial charge on any atom is -0.508 e. The average Bonchev–Trinajstić information content (AvgIpc) is 2.81. The van der Waals surface area contributed by atoms with Gasteiger partial charge in [0.2, 0.25) is 0 Å². The lowest BCUT2D eigenvalue weighted by Crippen LogP contribution is -2.13. The molecule has 0 aliphatic carbocycles. The van der Waals surface area contributed by atoms with Gasteiger partial charge in [-0.3, -0.25) is 4.79 Å². The van der Waals surface area contributed by atoms with Gasteiger partial charge in [-0.05, 0) is 63.9 Å². The Balaban J connectivity index is 1.77. The number of benzene rings is 4.